The van der Waals surface area contributed by atoms with Crippen LogP contribution in [0.1, 0.15) is 29.0 Å². The molecule has 1 aromatic heterocycles. The molecule has 2 heterocycles. The van der Waals surface area contributed by atoms with E-state index >= 15 is 0 Å². The first-order valence-electron chi connectivity index (χ1n) is 5.65. The monoisotopic (exact) mass is 268 g/mol. The van der Waals surface area contributed by atoms with E-state index in [9.17, 15) is 9.59 Å². The van der Waals surface area contributed by atoms with E-state index in [2.05, 4.69) is 20.6 Å². The summed E-state index contributed by atoms with van der Waals surface area (Å²) in [5, 5.41) is 5.80. The Hall–Kier alpha value is -1.69. The van der Waals surface area contributed by atoms with E-state index in [1.807, 2.05) is 0 Å². The van der Waals surface area contributed by atoms with Crippen molar-refractivity contribution in [3.8, 4) is 0 Å². The normalized spacial score (nSPS) is 19.2. The molecule has 1 aliphatic rings. The summed E-state index contributed by atoms with van der Waals surface area (Å²) in [5.41, 5.74) is 0.181. The number of carbonyl (C=O) groups is 2. The number of aryl methyl sites for hydroxylation is 1. The van der Waals surface area contributed by atoms with Crippen molar-refractivity contribution in [3.63, 3.8) is 0 Å². The minimum atomic E-state index is -0.386. The zero-order valence-electron chi connectivity index (χ0n) is 9.86. The van der Waals surface area contributed by atoms with E-state index in [4.69, 9.17) is 11.6 Å². The number of nitrogens with zero attached hydrogens (tertiary/aromatic N) is 2. The largest absolute Gasteiger partial charge is 0.358 e. The topological polar surface area (TPSA) is 84.0 Å². The van der Waals surface area contributed by atoms with Crippen molar-refractivity contribution >= 4 is 29.6 Å². The molecule has 96 valence electrons. The van der Waals surface area contributed by atoms with Gasteiger partial charge in [-0.3, -0.25) is 9.59 Å². The van der Waals surface area contributed by atoms with Gasteiger partial charge in [0.15, 0.2) is 6.29 Å². The van der Waals surface area contributed by atoms with Gasteiger partial charge in [0, 0.05) is 6.54 Å². The van der Waals surface area contributed by atoms with Crippen LogP contribution in [-0.2, 0) is 4.79 Å². The summed E-state index contributed by atoms with van der Waals surface area (Å²) >= 11 is 5.87. The Balaban J connectivity index is 2.27. The lowest BCUT2D eigenvalue weighted by Crippen LogP contribution is -2.44. The Morgan fingerprint density at radius 2 is 2.28 bits per heavy atom. The predicted octanol–water partition coefficient (Wildman–Crippen LogP) is 0.941. The second kappa shape index (κ2) is 5.30. The van der Waals surface area contributed by atoms with Crippen molar-refractivity contribution in [3.05, 3.63) is 16.5 Å². The van der Waals surface area contributed by atoms with Gasteiger partial charge >= 0.3 is 0 Å². The SMILES string of the molecule is Cc1nc(Cl)c(C=O)c(NC2CCCNC2=O)n1. The van der Waals surface area contributed by atoms with E-state index in [-0.39, 0.29) is 22.7 Å². The van der Waals surface area contributed by atoms with E-state index in [1.54, 1.807) is 6.92 Å². The number of amides is 1. The average molecular weight is 269 g/mol. The minimum absolute atomic E-state index is 0.0921. The molecule has 1 atom stereocenters. The molecule has 0 aromatic carbocycles. The number of hydrogen-bond acceptors (Lipinski definition) is 5. The van der Waals surface area contributed by atoms with E-state index < -0.39 is 0 Å². The first-order valence-corrected chi connectivity index (χ1v) is 6.03. The number of nitrogens with one attached hydrogen (secondary N) is 2. The average Bonchev–Trinajstić information content (AvgIpc) is 2.31. The Morgan fingerprint density at radius 3 is 2.94 bits per heavy atom. The maximum atomic E-state index is 11.6. The highest BCUT2D eigenvalue weighted by Crippen LogP contribution is 2.21. The summed E-state index contributed by atoms with van der Waals surface area (Å²) in [5.74, 6) is 0.666. The van der Waals surface area contributed by atoms with Gasteiger partial charge < -0.3 is 10.6 Å². The predicted molar refractivity (Wildman–Crippen MR) is 66.8 cm³/mol. The zero-order chi connectivity index (χ0) is 13.1. The number of hydrogen-bond donors (Lipinski definition) is 2. The van der Waals surface area contributed by atoms with E-state index in [1.165, 1.54) is 0 Å². The summed E-state index contributed by atoms with van der Waals surface area (Å²) in [6.45, 7) is 2.35. The second-order valence-corrected chi connectivity index (χ2v) is 4.43. The van der Waals surface area contributed by atoms with Gasteiger partial charge in [-0.15, -0.1) is 0 Å². The van der Waals surface area contributed by atoms with Crippen LogP contribution in [0.15, 0.2) is 0 Å². The van der Waals surface area contributed by atoms with Crippen LogP contribution in [0.5, 0.6) is 0 Å². The van der Waals surface area contributed by atoms with Gasteiger partial charge in [-0.25, -0.2) is 9.97 Å². The standard InChI is InChI=1S/C11H13ClN4O2/c1-6-14-9(12)7(5-17)10(15-6)16-8-3-2-4-13-11(8)18/h5,8H,2-4H2,1H3,(H,13,18)(H,14,15,16). The van der Waals surface area contributed by atoms with Crippen molar-refractivity contribution in [1.82, 2.24) is 15.3 Å². The van der Waals surface area contributed by atoms with Crippen molar-refractivity contribution in [2.45, 2.75) is 25.8 Å². The summed E-state index contributed by atoms with van der Waals surface area (Å²) < 4.78 is 0. The van der Waals surface area contributed by atoms with Crippen molar-refractivity contribution in [2.24, 2.45) is 0 Å². The van der Waals surface area contributed by atoms with Crippen LogP contribution in [0.25, 0.3) is 0 Å². The lowest BCUT2D eigenvalue weighted by molar-refractivity contribution is -0.123. The number of aromatic nitrogens is 2. The fourth-order valence-corrected chi connectivity index (χ4v) is 2.09. The molecule has 2 N–H and O–H groups in total. The number of halogens is 1. The van der Waals surface area contributed by atoms with Crippen LogP contribution in [-0.4, -0.2) is 34.7 Å². The molecule has 1 aromatic rings. The molecule has 1 amide bonds. The Bertz CT molecular complexity index is 492. The summed E-state index contributed by atoms with van der Waals surface area (Å²) in [6, 6.07) is -0.386. The highest BCUT2D eigenvalue weighted by molar-refractivity contribution is 6.32. The molecular weight excluding hydrogens is 256 g/mol. The maximum Gasteiger partial charge on any atom is 0.242 e. The molecule has 0 aliphatic carbocycles. The van der Waals surface area contributed by atoms with Gasteiger partial charge in [0.25, 0.3) is 0 Å². The fourth-order valence-electron chi connectivity index (χ4n) is 1.84. The third-order valence-electron chi connectivity index (χ3n) is 2.73. The maximum absolute atomic E-state index is 11.6. The quantitative estimate of drug-likeness (QED) is 0.630. The molecule has 1 fully saturated rings. The fraction of sp³-hybridized carbons (Fsp3) is 0.455. The molecule has 18 heavy (non-hydrogen) atoms. The molecular formula is C11H13ClN4O2. The highest BCUT2D eigenvalue weighted by Gasteiger charge is 2.23. The highest BCUT2D eigenvalue weighted by atomic mass is 35.5. The Morgan fingerprint density at radius 1 is 1.50 bits per heavy atom. The van der Waals surface area contributed by atoms with Gasteiger partial charge in [0.2, 0.25) is 5.91 Å². The first kappa shape index (κ1) is 12.8. The van der Waals surface area contributed by atoms with Crippen molar-refractivity contribution in [2.75, 3.05) is 11.9 Å². The van der Waals surface area contributed by atoms with Gasteiger partial charge in [0.1, 0.15) is 22.8 Å². The molecule has 1 saturated heterocycles. The summed E-state index contributed by atoms with van der Waals surface area (Å²) in [6.07, 6.45) is 2.17. The van der Waals surface area contributed by atoms with E-state index in [0.717, 1.165) is 6.42 Å². The molecule has 7 heteroatoms. The lowest BCUT2D eigenvalue weighted by Gasteiger charge is -2.23. The van der Waals surface area contributed by atoms with Crippen LogP contribution in [0.3, 0.4) is 0 Å². The van der Waals surface area contributed by atoms with Crippen molar-refractivity contribution < 1.29 is 9.59 Å². The minimum Gasteiger partial charge on any atom is -0.358 e. The van der Waals surface area contributed by atoms with Gasteiger partial charge in [-0.2, -0.15) is 0 Å². The van der Waals surface area contributed by atoms with Crippen molar-refractivity contribution in [1.29, 1.82) is 0 Å². The molecule has 1 aliphatic heterocycles. The van der Waals surface area contributed by atoms with Crippen LogP contribution >= 0.6 is 11.6 Å². The molecule has 2 rings (SSSR count). The number of carbonyl (C=O) groups excluding carboxylic acids is 2. The second-order valence-electron chi connectivity index (χ2n) is 4.07. The Kier molecular flexibility index (Phi) is 3.76. The number of piperidine rings is 1. The first-order chi connectivity index (χ1) is 8.61. The number of anilines is 1. The smallest absolute Gasteiger partial charge is 0.242 e. The number of rotatable bonds is 3. The van der Waals surface area contributed by atoms with Crippen LogP contribution in [0.2, 0.25) is 5.15 Å². The third kappa shape index (κ3) is 2.59. The molecule has 1 unspecified atom stereocenters. The molecule has 0 saturated carbocycles. The van der Waals surface area contributed by atoms with Crippen LogP contribution in [0, 0.1) is 6.92 Å². The number of aldehydes is 1. The lowest BCUT2D eigenvalue weighted by atomic mass is 10.1. The third-order valence-corrected chi connectivity index (χ3v) is 3.01. The molecule has 0 bridgehead atoms. The van der Waals surface area contributed by atoms with Crippen LogP contribution in [0.4, 0.5) is 5.82 Å². The molecule has 0 spiro atoms. The van der Waals surface area contributed by atoms with Crippen LogP contribution < -0.4 is 10.6 Å². The van der Waals surface area contributed by atoms with Gasteiger partial charge in [-0.05, 0) is 19.8 Å². The van der Waals surface area contributed by atoms with Gasteiger partial charge in [0.05, 0.1) is 5.56 Å². The Labute approximate surface area is 109 Å². The summed E-state index contributed by atoms with van der Waals surface area (Å²) in [4.78, 5) is 30.6. The van der Waals surface area contributed by atoms with E-state index in [0.29, 0.717) is 30.9 Å². The molecule has 6 nitrogen and oxygen atoms in total. The zero-order valence-corrected chi connectivity index (χ0v) is 10.6. The summed E-state index contributed by atoms with van der Waals surface area (Å²) in [7, 11) is 0. The molecule has 0 radical (unpaired) electrons. The van der Waals surface area contributed by atoms with Gasteiger partial charge in [-0.1, -0.05) is 11.6 Å².